The van der Waals surface area contributed by atoms with Crippen molar-refractivity contribution >= 4 is 22.7 Å². The number of fused-ring (bicyclic) bond motifs is 9. The maximum atomic E-state index is 7.40. The Labute approximate surface area is 410 Å². The largest absolute Gasteiger partial charge is 0.496 e. The summed E-state index contributed by atoms with van der Waals surface area (Å²) < 4.78 is 28.0. The van der Waals surface area contributed by atoms with Gasteiger partial charge < -0.3 is 18.9 Å². The summed E-state index contributed by atoms with van der Waals surface area (Å²) in [6.45, 7) is 29.2. The average Bonchev–Trinajstić information content (AvgIpc) is 3.97. The topological polar surface area (TPSA) is 36.9 Å². The molecule has 2 aliphatic carbocycles. The van der Waals surface area contributed by atoms with Crippen LogP contribution >= 0.6 is 22.7 Å². The lowest BCUT2D eigenvalue weighted by Crippen LogP contribution is -2.26. The van der Waals surface area contributed by atoms with E-state index in [4.69, 9.17) is 18.9 Å². The third-order valence-electron chi connectivity index (χ3n) is 14.9. The number of hydrogen-bond acceptors (Lipinski definition) is 6. The molecule has 0 N–H and O–H groups in total. The van der Waals surface area contributed by atoms with Gasteiger partial charge in [-0.1, -0.05) is 132 Å². The molecule has 0 amide bonds. The van der Waals surface area contributed by atoms with Crippen molar-refractivity contribution in [1.29, 1.82) is 0 Å². The Hall–Kier alpha value is -4.52. The van der Waals surface area contributed by atoms with Gasteiger partial charge in [-0.15, -0.1) is 22.7 Å². The van der Waals surface area contributed by atoms with E-state index in [9.17, 15) is 0 Å². The van der Waals surface area contributed by atoms with Crippen LogP contribution in [0.3, 0.4) is 0 Å². The molecule has 4 nitrogen and oxygen atoms in total. The minimum atomic E-state index is -0.100. The lowest BCUT2D eigenvalue weighted by atomic mass is 9.72. The zero-order valence-corrected chi connectivity index (χ0v) is 44.6. The van der Waals surface area contributed by atoms with Gasteiger partial charge in [-0.05, 0) is 148 Å². The standard InChI is InChI=1S/C61H74O4S2/c1-57(2,3)45-29-37-25-41-33-47(59(7,8)9)35-43-27-39-31-46(58(4,5)6)32-40(52(39)63-14)28-44-36-48(60(10,11)12)34-42(26-38(30-45)51(37)62-13)54(44)65-22-16-20-61(19-15-21-64-53(41)43)49-17-23-66-55(49)56-50(61)18-24-67-56/h17-18,23-24,29-36H,15-16,19-22,25-28H2,1-14H3. The Morgan fingerprint density at radius 1 is 0.433 bits per heavy atom. The Balaban J connectivity index is 1.37. The van der Waals surface area contributed by atoms with E-state index < -0.39 is 0 Å². The van der Waals surface area contributed by atoms with Crippen molar-refractivity contribution in [3.05, 3.63) is 149 Å². The van der Waals surface area contributed by atoms with E-state index >= 15 is 0 Å². The normalized spacial score (nSPS) is 16.3. The predicted octanol–water partition coefficient (Wildman–Crippen LogP) is 16.0. The highest BCUT2D eigenvalue weighted by molar-refractivity contribution is 7.21. The number of methoxy groups -OCH3 is 2. The highest BCUT2D eigenvalue weighted by Gasteiger charge is 2.44. The quantitative estimate of drug-likeness (QED) is 0.173. The van der Waals surface area contributed by atoms with Gasteiger partial charge in [0.2, 0.25) is 0 Å². The summed E-state index contributed by atoms with van der Waals surface area (Å²) in [5, 5.41) is 4.61. The van der Waals surface area contributed by atoms with Crippen molar-refractivity contribution in [2.45, 2.75) is 162 Å². The minimum Gasteiger partial charge on any atom is -0.496 e. The summed E-state index contributed by atoms with van der Waals surface area (Å²) in [7, 11) is 3.71. The monoisotopic (exact) mass is 935 g/mol. The molecule has 2 aromatic heterocycles. The molecular weight excluding hydrogens is 861 g/mol. The number of hydrogen-bond donors (Lipinski definition) is 0. The summed E-state index contributed by atoms with van der Waals surface area (Å²) in [5.74, 6) is 3.90. The minimum absolute atomic E-state index is 0.0832. The van der Waals surface area contributed by atoms with E-state index in [0.29, 0.717) is 38.9 Å². The highest BCUT2D eigenvalue weighted by atomic mass is 32.1. The molecule has 67 heavy (non-hydrogen) atoms. The van der Waals surface area contributed by atoms with E-state index in [1.54, 1.807) is 0 Å². The van der Waals surface area contributed by atoms with E-state index in [-0.39, 0.29) is 27.1 Å². The van der Waals surface area contributed by atoms with Crippen LogP contribution in [0.15, 0.2) is 71.4 Å². The zero-order chi connectivity index (χ0) is 47.8. The molecule has 4 heterocycles. The van der Waals surface area contributed by atoms with Crippen LogP contribution in [0.4, 0.5) is 0 Å². The van der Waals surface area contributed by atoms with Gasteiger partial charge in [-0.25, -0.2) is 0 Å². The molecule has 354 valence electrons. The number of benzene rings is 4. The summed E-state index contributed by atoms with van der Waals surface area (Å²) in [5.41, 5.74) is 17.3. The maximum absolute atomic E-state index is 7.40. The molecule has 0 radical (unpaired) electrons. The van der Waals surface area contributed by atoms with Gasteiger partial charge in [0.1, 0.15) is 23.0 Å². The molecule has 10 rings (SSSR count). The van der Waals surface area contributed by atoms with Gasteiger partial charge in [0, 0.05) is 40.9 Å². The molecule has 0 atom stereocenters. The van der Waals surface area contributed by atoms with Gasteiger partial charge in [-0.3, -0.25) is 0 Å². The fourth-order valence-electron chi connectivity index (χ4n) is 11.1. The van der Waals surface area contributed by atoms with Crippen molar-refractivity contribution in [3.63, 3.8) is 0 Å². The van der Waals surface area contributed by atoms with Crippen LogP contribution in [-0.2, 0) is 52.8 Å². The highest BCUT2D eigenvalue weighted by Crippen LogP contribution is 2.58. The zero-order valence-electron chi connectivity index (χ0n) is 42.9. The summed E-state index contributed by atoms with van der Waals surface area (Å²) in [6, 6.07) is 24.2. The van der Waals surface area contributed by atoms with Gasteiger partial charge >= 0.3 is 0 Å². The van der Waals surface area contributed by atoms with Crippen molar-refractivity contribution in [3.8, 4) is 32.8 Å². The molecule has 0 saturated carbocycles. The fourth-order valence-corrected chi connectivity index (χ4v) is 13.3. The molecule has 0 saturated heterocycles. The van der Waals surface area contributed by atoms with E-state index in [0.717, 1.165) is 48.7 Å². The second-order valence-corrected chi connectivity index (χ2v) is 25.8. The second kappa shape index (κ2) is 17.5. The van der Waals surface area contributed by atoms with Crippen molar-refractivity contribution in [2.24, 2.45) is 0 Å². The number of ether oxygens (including phenoxy) is 4. The summed E-state index contributed by atoms with van der Waals surface area (Å²) in [6.07, 6.45) is 6.57. The molecule has 6 heteroatoms. The lowest BCUT2D eigenvalue weighted by molar-refractivity contribution is 0.262. The van der Waals surface area contributed by atoms with Crippen LogP contribution in [0.2, 0.25) is 0 Å². The molecule has 0 fully saturated rings. The van der Waals surface area contributed by atoms with Gasteiger partial charge in [0.05, 0.1) is 27.4 Å². The molecular formula is C61H74O4S2. The summed E-state index contributed by atoms with van der Waals surface area (Å²) in [4.78, 5) is 2.91. The van der Waals surface area contributed by atoms with Crippen LogP contribution in [0.25, 0.3) is 9.75 Å². The third kappa shape index (κ3) is 9.00. The average molecular weight is 935 g/mol. The maximum Gasteiger partial charge on any atom is 0.126 e. The first-order chi connectivity index (χ1) is 31.6. The van der Waals surface area contributed by atoms with Crippen LogP contribution < -0.4 is 18.9 Å². The Kier molecular flexibility index (Phi) is 12.4. The molecule has 4 aliphatic rings. The van der Waals surface area contributed by atoms with Gasteiger partial charge in [-0.2, -0.15) is 0 Å². The van der Waals surface area contributed by atoms with Crippen LogP contribution in [0.1, 0.15) is 187 Å². The molecule has 4 aromatic carbocycles. The Morgan fingerprint density at radius 3 is 0.985 bits per heavy atom. The second-order valence-electron chi connectivity index (χ2n) is 23.9. The van der Waals surface area contributed by atoms with Crippen LogP contribution in [0.5, 0.6) is 23.0 Å². The number of thiophene rings is 2. The first-order valence-corrected chi connectivity index (χ1v) is 26.5. The van der Waals surface area contributed by atoms with Crippen LogP contribution in [-0.4, -0.2) is 27.4 Å². The van der Waals surface area contributed by atoms with E-state index in [1.807, 2.05) is 36.9 Å². The first-order valence-electron chi connectivity index (χ1n) is 24.7. The lowest BCUT2D eigenvalue weighted by Gasteiger charge is -2.32. The Morgan fingerprint density at radius 2 is 0.716 bits per heavy atom. The van der Waals surface area contributed by atoms with Gasteiger partial charge in [0.15, 0.2) is 0 Å². The van der Waals surface area contributed by atoms with Crippen molar-refractivity contribution in [1.82, 2.24) is 0 Å². The van der Waals surface area contributed by atoms with Gasteiger partial charge in [0.25, 0.3) is 0 Å². The van der Waals surface area contributed by atoms with Crippen molar-refractivity contribution < 1.29 is 18.9 Å². The summed E-state index contributed by atoms with van der Waals surface area (Å²) >= 11 is 3.80. The smallest absolute Gasteiger partial charge is 0.126 e. The predicted molar refractivity (Wildman–Crippen MR) is 283 cm³/mol. The molecule has 10 bridgehead atoms. The Bertz CT molecular complexity index is 2530. The first kappa shape index (κ1) is 47.5. The molecule has 1 spiro atoms. The van der Waals surface area contributed by atoms with Crippen molar-refractivity contribution in [2.75, 3.05) is 27.4 Å². The third-order valence-corrected chi connectivity index (χ3v) is 16.9. The number of rotatable bonds is 2. The fraction of sp³-hybridized carbons (Fsp3) is 0.475. The SMILES string of the molecule is COc1c2cc(C(C)(C)C)cc1Cc1cc(C(C)(C)C)cc3c1OCCCC1(CCCOc4c(cc(C(C)(C)C)cc4Cc4cc(C(C)(C)C)cc(c4OC)C3)C2)c2ccsc2-c2sccc21. The van der Waals surface area contributed by atoms with E-state index in [2.05, 4.69) is 155 Å². The molecule has 2 aliphatic heterocycles. The molecule has 6 aromatic rings. The van der Waals surface area contributed by atoms with Crippen LogP contribution in [0, 0.1) is 0 Å². The van der Waals surface area contributed by atoms with E-state index in [1.165, 1.54) is 87.6 Å². The molecule has 0 unspecified atom stereocenters.